The maximum absolute atomic E-state index is 12.5. The predicted octanol–water partition coefficient (Wildman–Crippen LogP) is 0.875. The lowest BCUT2D eigenvalue weighted by Gasteiger charge is -2.12. The molecule has 0 radical (unpaired) electrons. The molecule has 0 fully saturated rings. The number of carboxylic acid groups (broad SMARTS) is 1. The molecule has 0 atom stereocenters. The summed E-state index contributed by atoms with van der Waals surface area (Å²) < 4.78 is 1.34. The second-order valence-corrected chi connectivity index (χ2v) is 5.50. The predicted molar refractivity (Wildman–Crippen MR) is 91.2 cm³/mol. The topological polar surface area (TPSA) is 117 Å². The van der Waals surface area contributed by atoms with Crippen molar-refractivity contribution < 1.29 is 15.0 Å². The molecular weight excluding hydrogens is 324 g/mol. The second-order valence-electron chi connectivity index (χ2n) is 5.50. The van der Waals surface area contributed by atoms with E-state index in [1.54, 1.807) is 37.6 Å². The maximum atomic E-state index is 12.5. The smallest absolute Gasteiger partial charge is 0.317 e. The van der Waals surface area contributed by atoms with Crippen LogP contribution in [-0.4, -0.2) is 37.3 Å². The van der Waals surface area contributed by atoms with Crippen molar-refractivity contribution in [1.82, 2.24) is 19.9 Å². The third-order valence-corrected chi connectivity index (χ3v) is 3.83. The summed E-state index contributed by atoms with van der Waals surface area (Å²) in [4.78, 5) is 31.6. The minimum absolute atomic E-state index is 0.0505. The van der Waals surface area contributed by atoms with Crippen LogP contribution in [0.4, 0.5) is 0 Å². The van der Waals surface area contributed by atoms with Crippen LogP contribution < -0.4 is 10.9 Å². The summed E-state index contributed by atoms with van der Waals surface area (Å²) in [7, 11) is 1.56. The first-order valence-electron chi connectivity index (χ1n) is 7.53. The molecule has 128 valence electrons. The van der Waals surface area contributed by atoms with Crippen LogP contribution in [0.15, 0.2) is 41.5 Å². The number of pyridine rings is 3. The number of carboxylic acids is 1. The summed E-state index contributed by atoms with van der Waals surface area (Å²) in [6, 6.07) is 7.05. The first-order valence-corrected chi connectivity index (χ1v) is 7.53. The van der Waals surface area contributed by atoms with Crippen LogP contribution in [0, 0.1) is 0 Å². The summed E-state index contributed by atoms with van der Waals surface area (Å²) >= 11 is 0. The van der Waals surface area contributed by atoms with Crippen molar-refractivity contribution >= 4 is 17.0 Å². The molecule has 0 amide bonds. The van der Waals surface area contributed by atoms with Crippen molar-refractivity contribution in [1.29, 1.82) is 0 Å². The molecule has 0 aliphatic carbocycles. The van der Waals surface area contributed by atoms with Crippen molar-refractivity contribution in [2.75, 3.05) is 6.54 Å². The first-order chi connectivity index (χ1) is 12.0. The molecule has 0 aromatic carbocycles. The van der Waals surface area contributed by atoms with Gasteiger partial charge in [0.15, 0.2) is 0 Å². The van der Waals surface area contributed by atoms with E-state index in [2.05, 4.69) is 15.3 Å². The molecule has 0 unspecified atom stereocenters. The van der Waals surface area contributed by atoms with E-state index in [-0.39, 0.29) is 24.4 Å². The van der Waals surface area contributed by atoms with E-state index in [4.69, 9.17) is 5.11 Å². The maximum Gasteiger partial charge on any atom is 0.317 e. The van der Waals surface area contributed by atoms with Crippen molar-refractivity contribution in [3.8, 4) is 17.0 Å². The van der Waals surface area contributed by atoms with Gasteiger partial charge in [-0.05, 0) is 24.3 Å². The SMILES string of the molecule is Cn1c(=O)c(CNCC(=O)O)c(O)c2ccc(-c3cccnc3)nc21. The van der Waals surface area contributed by atoms with E-state index >= 15 is 0 Å². The Bertz CT molecular complexity index is 999. The highest BCUT2D eigenvalue weighted by atomic mass is 16.4. The van der Waals surface area contributed by atoms with E-state index in [0.717, 1.165) is 5.56 Å². The lowest BCUT2D eigenvalue weighted by atomic mass is 10.1. The van der Waals surface area contributed by atoms with Gasteiger partial charge in [0.1, 0.15) is 11.4 Å². The fourth-order valence-corrected chi connectivity index (χ4v) is 2.58. The Kier molecular flexibility index (Phi) is 4.44. The standard InChI is InChI=1S/C17H16N4O4/c1-21-16-11(4-5-13(20-16)10-3-2-6-18-7-10)15(24)12(17(21)25)8-19-9-14(22)23/h2-7,19,24H,8-9H2,1H3,(H,22,23). The number of aliphatic carboxylic acids is 1. The van der Waals surface area contributed by atoms with E-state index in [0.29, 0.717) is 16.7 Å². The van der Waals surface area contributed by atoms with Gasteiger partial charge in [0.05, 0.1) is 23.2 Å². The largest absolute Gasteiger partial charge is 0.507 e. The zero-order chi connectivity index (χ0) is 18.0. The number of carbonyl (C=O) groups is 1. The number of hydrogen-bond acceptors (Lipinski definition) is 6. The Balaban J connectivity index is 2.09. The molecular formula is C17H16N4O4. The minimum atomic E-state index is -1.04. The van der Waals surface area contributed by atoms with E-state index in [1.165, 1.54) is 4.57 Å². The molecule has 25 heavy (non-hydrogen) atoms. The van der Waals surface area contributed by atoms with Gasteiger partial charge < -0.3 is 15.5 Å². The third-order valence-electron chi connectivity index (χ3n) is 3.83. The zero-order valence-electron chi connectivity index (χ0n) is 13.4. The zero-order valence-corrected chi connectivity index (χ0v) is 13.4. The van der Waals surface area contributed by atoms with Crippen molar-refractivity contribution in [2.45, 2.75) is 6.54 Å². The number of aryl methyl sites for hydroxylation is 1. The Labute approximate surface area is 142 Å². The molecule has 3 aromatic rings. The number of fused-ring (bicyclic) bond motifs is 1. The van der Waals surface area contributed by atoms with Gasteiger partial charge >= 0.3 is 5.97 Å². The third kappa shape index (κ3) is 3.20. The molecule has 8 nitrogen and oxygen atoms in total. The first kappa shape index (κ1) is 16.6. The van der Waals surface area contributed by atoms with Gasteiger partial charge in [0, 0.05) is 31.5 Å². The number of aromatic nitrogens is 3. The summed E-state index contributed by atoms with van der Waals surface area (Å²) in [6.07, 6.45) is 3.32. The fourth-order valence-electron chi connectivity index (χ4n) is 2.58. The van der Waals surface area contributed by atoms with Gasteiger partial charge in [0.2, 0.25) is 0 Å². The number of aromatic hydroxyl groups is 1. The van der Waals surface area contributed by atoms with Crippen molar-refractivity contribution in [3.05, 3.63) is 52.6 Å². The van der Waals surface area contributed by atoms with E-state index in [9.17, 15) is 14.7 Å². The highest BCUT2D eigenvalue weighted by molar-refractivity contribution is 5.85. The summed E-state index contributed by atoms with van der Waals surface area (Å²) in [5.41, 5.74) is 1.44. The summed E-state index contributed by atoms with van der Waals surface area (Å²) in [6.45, 7) is -0.357. The van der Waals surface area contributed by atoms with Crippen LogP contribution in [0.3, 0.4) is 0 Å². The average Bonchev–Trinajstić information content (AvgIpc) is 2.62. The summed E-state index contributed by atoms with van der Waals surface area (Å²) in [5.74, 6) is -1.24. The normalized spacial score (nSPS) is 10.9. The molecule has 0 aliphatic rings. The molecule has 3 aromatic heterocycles. The number of hydrogen-bond donors (Lipinski definition) is 3. The van der Waals surface area contributed by atoms with Gasteiger partial charge in [-0.3, -0.25) is 19.1 Å². The Morgan fingerprint density at radius 1 is 1.32 bits per heavy atom. The van der Waals surface area contributed by atoms with Crippen LogP contribution in [0.5, 0.6) is 5.75 Å². The fraction of sp³-hybridized carbons (Fsp3) is 0.176. The molecule has 0 bridgehead atoms. The number of nitrogens with zero attached hydrogens (tertiary/aromatic N) is 3. The highest BCUT2D eigenvalue weighted by Crippen LogP contribution is 2.27. The molecule has 3 rings (SSSR count). The molecule has 0 spiro atoms. The van der Waals surface area contributed by atoms with Gasteiger partial charge in [-0.1, -0.05) is 0 Å². The van der Waals surface area contributed by atoms with Crippen molar-refractivity contribution in [3.63, 3.8) is 0 Å². The Morgan fingerprint density at radius 2 is 2.12 bits per heavy atom. The van der Waals surface area contributed by atoms with Crippen LogP contribution >= 0.6 is 0 Å². The van der Waals surface area contributed by atoms with E-state index in [1.807, 2.05) is 6.07 Å². The second kappa shape index (κ2) is 6.70. The molecule has 8 heteroatoms. The highest BCUT2D eigenvalue weighted by Gasteiger charge is 2.16. The molecule has 0 aliphatic heterocycles. The van der Waals surface area contributed by atoms with Gasteiger partial charge in [-0.25, -0.2) is 4.98 Å². The lowest BCUT2D eigenvalue weighted by Crippen LogP contribution is -2.29. The van der Waals surface area contributed by atoms with Gasteiger partial charge in [-0.2, -0.15) is 0 Å². The molecule has 0 saturated carbocycles. The van der Waals surface area contributed by atoms with Crippen LogP contribution in [0.1, 0.15) is 5.56 Å². The summed E-state index contributed by atoms with van der Waals surface area (Å²) in [5, 5.41) is 22.1. The quantitative estimate of drug-likeness (QED) is 0.631. The number of nitrogens with one attached hydrogen (secondary N) is 1. The van der Waals surface area contributed by atoms with E-state index < -0.39 is 11.5 Å². The van der Waals surface area contributed by atoms with Gasteiger partial charge in [-0.15, -0.1) is 0 Å². The minimum Gasteiger partial charge on any atom is -0.507 e. The van der Waals surface area contributed by atoms with Crippen LogP contribution in [-0.2, 0) is 18.4 Å². The Hall–Kier alpha value is -3.26. The monoisotopic (exact) mass is 340 g/mol. The number of rotatable bonds is 5. The van der Waals surface area contributed by atoms with Crippen LogP contribution in [0.25, 0.3) is 22.3 Å². The average molecular weight is 340 g/mol. The Morgan fingerprint density at radius 3 is 2.80 bits per heavy atom. The van der Waals surface area contributed by atoms with Gasteiger partial charge in [0.25, 0.3) is 5.56 Å². The molecule has 0 saturated heterocycles. The molecule has 3 heterocycles. The van der Waals surface area contributed by atoms with Crippen molar-refractivity contribution in [2.24, 2.45) is 7.05 Å². The molecule has 3 N–H and O–H groups in total. The lowest BCUT2D eigenvalue weighted by molar-refractivity contribution is -0.136. The van der Waals surface area contributed by atoms with Crippen LogP contribution in [0.2, 0.25) is 0 Å².